The molecule has 28 heavy (non-hydrogen) atoms. The van der Waals surface area contributed by atoms with Crippen molar-refractivity contribution in [2.24, 2.45) is 4.99 Å². The molecule has 0 aliphatic carbocycles. The molecule has 1 amide bonds. The van der Waals surface area contributed by atoms with Crippen molar-refractivity contribution in [3.05, 3.63) is 12.2 Å². The Balaban J connectivity index is 0.00000729. The number of aliphatic imine (C=N–C) groups is 1. The topological polar surface area (TPSA) is 96.7 Å². The zero-order valence-electron chi connectivity index (χ0n) is 18.0. The summed E-state index contributed by atoms with van der Waals surface area (Å²) >= 11 is 0. The fourth-order valence-electron chi connectivity index (χ4n) is 2.37. The summed E-state index contributed by atoms with van der Waals surface area (Å²) in [6, 6.07) is 0. The summed E-state index contributed by atoms with van der Waals surface area (Å²) in [7, 11) is 0. The first-order valence-corrected chi connectivity index (χ1v) is 9.67. The molecule has 1 rings (SSSR count). The number of amides is 1. The number of carbonyl (C=O) groups is 1. The molecular formula is C18H36IN7O2. The first kappa shape index (κ1) is 26.4. The largest absolute Gasteiger partial charge is 0.444 e. The van der Waals surface area contributed by atoms with Gasteiger partial charge in [0.25, 0.3) is 0 Å². The molecule has 0 saturated heterocycles. The average Bonchev–Trinajstić information content (AvgIpc) is 3.04. The first-order valence-electron chi connectivity index (χ1n) is 9.67. The second-order valence-electron chi connectivity index (χ2n) is 7.04. The summed E-state index contributed by atoms with van der Waals surface area (Å²) in [6.45, 7) is 15.5. The van der Waals surface area contributed by atoms with E-state index in [2.05, 4.69) is 32.7 Å². The zero-order valence-corrected chi connectivity index (χ0v) is 20.3. The molecule has 0 spiro atoms. The third-order valence-electron chi connectivity index (χ3n) is 3.67. The Morgan fingerprint density at radius 3 is 2.57 bits per heavy atom. The van der Waals surface area contributed by atoms with Crippen molar-refractivity contribution < 1.29 is 9.53 Å². The van der Waals surface area contributed by atoms with Gasteiger partial charge in [-0.2, -0.15) is 0 Å². The van der Waals surface area contributed by atoms with Gasteiger partial charge in [0, 0.05) is 39.1 Å². The highest BCUT2D eigenvalue weighted by Crippen LogP contribution is 2.09. The highest BCUT2D eigenvalue weighted by Gasteiger charge is 2.20. The molecule has 1 aromatic heterocycles. The molecule has 0 aromatic carbocycles. The van der Waals surface area contributed by atoms with Crippen LogP contribution in [0, 0.1) is 0 Å². The molecule has 2 N–H and O–H groups in total. The van der Waals surface area contributed by atoms with E-state index in [1.165, 1.54) is 0 Å². The van der Waals surface area contributed by atoms with Crippen molar-refractivity contribution in [3.8, 4) is 0 Å². The van der Waals surface area contributed by atoms with E-state index in [1.807, 2.05) is 39.2 Å². The van der Waals surface area contributed by atoms with Gasteiger partial charge in [-0.25, -0.2) is 4.79 Å². The predicted molar refractivity (Wildman–Crippen MR) is 122 cm³/mol. The van der Waals surface area contributed by atoms with Crippen molar-refractivity contribution in [2.45, 2.75) is 60.1 Å². The van der Waals surface area contributed by atoms with Crippen molar-refractivity contribution >= 4 is 36.0 Å². The third-order valence-corrected chi connectivity index (χ3v) is 3.67. The Morgan fingerprint density at radius 1 is 1.29 bits per heavy atom. The second-order valence-corrected chi connectivity index (χ2v) is 7.04. The van der Waals surface area contributed by atoms with Gasteiger partial charge in [-0.3, -0.25) is 4.99 Å². The van der Waals surface area contributed by atoms with Crippen LogP contribution in [0.3, 0.4) is 0 Å². The Morgan fingerprint density at radius 2 is 2.00 bits per heavy atom. The Hall–Kier alpha value is -1.59. The number of ether oxygens (including phenoxy) is 1. The van der Waals surface area contributed by atoms with Gasteiger partial charge >= 0.3 is 6.09 Å². The van der Waals surface area contributed by atoms with E-state index in [0.29, 0.717) is 26.2 Å². The highest BCUT2D eigenvalue weighted by molar-refractivity contribution is 14.0. The van der Waals surface area contributed by atoms with Crippen LogP contribution in [0.5, 0.6) is 0 Å². The van der Waals surface area contributed by atoms with E-state index in [1.54, 1.807) is 11.2 Å². The molecule has 0 saturated carbocycles. The van der Waals surface area contributed by atoms with E-state index in [4.69, 9.17) is 4.74 Å². The molecule has 0 unspecified atom stereocenters. The molecule has 0 bridgehead atoms. The number of nitrogens with zero attached hydrogens (tertiary/aromatic N) is 5. The highest BCUT2D eigenvalue weighted by atomic mass is 127. The number of aryl methyl sites for hydroxylation is 1. The summed E-state index contributed by atoms with van der Waals surface area (Å²) in [5.41, 5.74) is -0.492. The maximum Gasteiger partial charge on any atom is 0.410 e. The van der Waals surface area contributed by atoms with Gasteiger partial charge in [0.05, 0.1) is 6.54 Å². The molecule has 1 aromatic rings. The summed E-state index contributed by atoms with van der Waals surface area (Å²) in [5, 5.41) is 14.5. The fraction of sp³-hybridized carbons (Fsp3) is 0.778. The molecule has 0 aliphatic heterocycles. The summed E-state index contributed by atoms with van der Waals surface area (Å²) in [6.07, 6.45) is 2.28. The monoisotopic (exact) mass is 509 g/mol. The number of hydrogen-bond donors (Lipinski definition) is 2. The SMILES string of the molecule is CCNC(=NCCn1cnnc1CC)NCCN(CC)C(=O)OC(C)(C)C.I. The van der Waals surface area contributed by atoms with E-state index < -0.39 is 5.60 Å². The summed E-state index contributed by atoms with van der Waals surface area (Å²) in [4.78, 5) is 18.4. The number of likely N-dealkylation sites (N-methyl/N-ethyl adjacent to an activating group) is 1. The number of guanidine groups is 1. The molecule has 162 valence electrons. The van der Waals surface area contributed by atoms with Crippen LogP contribution < -0.4 is 10.6 Å². The lowest BCUT2D eigenvalue weighted by atomic mass is 10.2. The Labute approximate surface area is 185 Å². The van der Waals surface area contributed by atoms with E-state index in [9.17, 15) is 4.79 Å². The fourth-order valence-corrected chi connectivity index (χ4v) is 2.37. The van der Waals surface area contributed by atoms with Crippen LogP contribution in [0.1, 0.15) is 47.4 Å². The number of aromatic nitrogens is 3. The Kier molecular flexibility index (Phi) is 12.8. The van der Waals surface area contributed by atoms with Crippen LogP contribution in [0.25, 0.3) is 0 Å². The number of hydrogen-bond acceptors (Lipinski definition) is 5. The third kappa shape index (κ3) is 10.1. The number of carbonyl (C=O) groups excluding carboxylic acids is 1. The van der Waals surface area contributed by atoms with Gasteiger partial charge in [0.15, 0.2) is 5.96 Å². The predicted octanol–water partition coefficient (Wildman–Crippen LogP) is 2.27. The van der Waals surface area contributed by atoms with Crippen molar-refractivity contribution in [1.29, 1.82) is 0 Å². The minimum atomic E-state index is -0.492. The second kappa shape index (κ2) is 13.6. The van der Waals surface area contributed by atoms with E-state index in [0.717, 1.165) is 31.3 Å². The van der Waals surface area contributed by atoms with Crippen LogP contribution in [-0.2, 0) is 17.7 Å². The smallest absolute Gasteiger partial charge is 0.410 e. The van der Waals surface area contributed by atoms with Crippen LogP contribution in [0.2, 0.25) is 0 Å². The Bertz CT molecular complexity index is 599. The van der Waals surface area contributed by atoms with Gasteiger partial charge in [-0.15, -0.1) is 34.2 Å². The number of rotatable bonds is 9. The van der Waals surface area contributed by atoms with Gasteiger partial charge < -0.3 is 24.8 Å². The molecule has 1 heterocycles. The summed E-state index contributed by atoms with van der Waals surface area (Å²) < 4.78 is 7.43. The lowest BCUT2D eigenvalue weighted by Gasteiger charge is -2.26. The number of nitrogens with one attached hydrogen (secondary N) is 2. The number of halogens is 1. The van der Waals surface area contributed by atoms with Crippen molar-refractivity contribution in [3.63, 3.8) is 0 Å². The quantitative estimate of drug-likeness (QED) is 0.301. The van der Waals surface area contributed by atoms with E-state index >= 15 is 0 Å². The minimum Gasteiger partial charge on any atom is -0.444 e. The van der Waals surface area contributed by atoms with Crippen LogP contribution in [-0.4, -0.2) is 70.0 Å². The maximum atomic E-state index is 12.2. The molecule has 0 atom stereocenters. The standard InChI is InChI=1S/C18H35N7O2.HI/c1-7-15-23-22-14-25(15)13-11-21-16(19-8-2)20-10-12-24(9-3)17(26)27-18(4,5)6;/h14H,7-13H2,1-6H3,(H2,19,20,21);1H. The lowest BCUT2D eigenvalue weighted by molar-refractivity contribution is 0.0264. The van der Waals surface area contributed by atoms with Gasteiger partial charge in [0.2, 0.25) is 0 Å². The maximum absolute atomic E-state index is 12.2. The normalized spacial score (nSPS) is 11.6. The van der Waals surface area contributed by atoms with Crippen LogP contribution in [0.4, 0.5) is 4.79 Å². The minimum absolute atomic E-state index is 0. The first-order chi connectivity index (χ1) is 12.8. The van der Waals surface area contributed by atoms with Crippen LogP contribution in [0.15, 0.2) is 11.3 Å². The molecule has 10 heteroatoms. The molecular weight excluding hydrogens is 473 g/mol. The van der Waals surface area contributed by atoms with Gasteiger partial charge in [-0.05, 0) is 34.6 Å². The summed E-state index contributed by atoms with van der Waals surface area (Å²) in [5.74, 6) is 1.68. The zero-order chi connectivity index (χ0) is 20.3. The van der Waals surface area contributed by atoms with Crippen LogP contribution >= 0.6 is 24.0 Å². The molecule has 0 radical (unpaired) electrons. The molecule has 0 aliphatic rings. The lowest BCUT2D eigenvalue weighted by Crippen LogP contribution is -2.44. The van der Waals surface area contributed by atoms with Crippen molar-refractivity contribution in [1.82, 2.24) is 30.3 Å². The van der Waals surface area contributed by atoms with Crippen molar-refractivity contribution in [2.75, 3.05) is 32.7 Å². The molecule has 0 fully saturated rings. The average molecular weight is 509 g/mol. The molecule has 9 nitrogen and oxygen atoms in total. The van der Waals surface area contributed by atoms with Gasteiger partial charge in [0.1, 0.15) is 17.8 Å². The van der Waals surface area contributed by atoms with E-state index in [-0.39, 0.29) is 30.1 Å². The van der Waals surface area contributed by atoms with Gasteiger partial charge in [-0.1, -0.05) is 6.92 Å².